The molecule has 0 amide bonds. The molecule has 0 spiro atoms. The maximum atomic E-state index is 7.57. The Kier molecular flexibility index (Phi) is 11.9. The van der Waals surface area contributed by atoms with E-state index in [4.69, 9.17) is 21.4 Å². The lowest BCUT2D eigenvalue weighted by Crippen LogP contribution is -2.31. The fourth-order valence-electron chi connectivity index (χ4n) is 2.16. The van der Waals surface area contributed by atoms with Crippen molar-refractivity contribution in [3.05, 3.63) is 45.1 Å². The van der Waals surface area contributed by atoms with Gasteiger partial charge in [0.2, 0.25) is 5.88 Å². The Balaban J connectivity index is 0.00000114. The number of aliphatic hydroxyl groups is 1. The van der Waals surface area contributed by atoms with Crippen LogP contribution in [0.1, 0.15) is 33.1 Å². The van der Waals surface area contributed by atoms with Gasteiger partial charge < -0.3 is 20.6 Å². The molecule has 0 bridgehead atoms. The van der Waals surface area contributed by atoms with E-state index in [0.717, 1.165) is 27.1 Å². The summed E-state index contributed by atoms with van der Waals surface area (Å²) >= 11 is 6.93. The zero-order chi connectivity index (χ0) is 20.2. The zero-order valence-electron chi connectivity index (χ0n) is 15.9. The van der Waals surface area contributed by atoms with Crippen LogP contribution in [0.2, 0.25) is 0 Å². The molecular formula is C19H30Br2N4O2. The molecule has 27 heavy (non-hydrogen) atoms. The van der Waals surface area contributed by atoms with Gasteiger partial charge in [-0.05, 0) is 54.6 Å². The topological polar surface area (TPSA) is 97.6 Å². The normalized spacial score (nSPS) is 15.7. The Morgan fingerprint density at radius 2 is 2.11 bits per heavy atom. The number of nitrogens with two attached hydrogens (primary N) is 2. The van der Waals surface area contributed by atoms with Crippen LogP contribution in [-0.2, 0) is 0 Å². The van der Waals surface area contributed by atoms with E-state index in [2.05, 4.69) is 42.9 Å². The lowest BCUT2D eigenvalue weighted by Gasteiger charge is -2.21. The zero-order valence-corrected chi connectivity index (χ0v) is 19.1. The molecule has 1 aliphatic carbocycles. The smallest absolute Gasteiger partial charge is 0.213 e. The molecule has 0 saturated heterocycles. The molecular weight excluding hydrogens is 476 g/mol. The number of rotatable bonds is 9. The Labute approximate surface area is 178 Å². The quantitative estimate of drug-likeness (QED) is 0.349. The second-order valence-corrected chi connectivity index (χ2v) is 8.07. The van der Waals surface area contributed by atoms with Crippen molar-refractivity contribution in [1.82, 2.24) is 9.99 Å². The first-order valence-electron chi connectivity index (χ1n) is 9.04. The molecule has 6 nitrogen and oxygen atoms in total. The van der Waals surface area contributed by atoms with Crippen molar-refractivity contribution in [2.45, 2.75) is 39.2 Å². The molecule has 2 rings (SSSR count). The van der Waals surface area contributed by atoms with Crippen LogP contribution in [-0.4, -0.2) is 40.9 Å². The minimum atomic E-state index is -0.188. The van der Waals surface area contributed by atoms with Crippen molar-refractivity contribution in [1.29, 1.82) is 0 Å². The minimum absolute atomic E-state index is 0.188. The number of allylic oxidation sites excluding steroid dienone is 1. The number of aliphatic hydroxyl groups excluding tert-OH is 1. The number of hydrogen-bond donors (Lipinski definition) is 3. The van der Waals surface area contributed by atoms with Crippen LogP contribution in [0.5, 0.6) is 5.88 Å². The summed E-state index contributed by atoms with van der Waals surface area (Å²) in [7, 11) is 0. The third-order valence-electron chi connectivity index (χ3n) is 3.82. The van der Waals surface area contributed by atoms with Crippen molar-refractivity contribution in [2.75, 3.05) is 19.7 Å². The van der Waals surface area contributed by atoms with Crippen molar-refractivity contribution in [2.24, 2.45) is 17.5 Å². The van der Waals surface area contributed by atoms with Crippen LogP contribution in [0.4, 0.5) is 0 Å². The van der Waals surface area contributed by atoms with Gasteiger partial charge in [-0.25, -0.2) is 10.8 Å². The summed E-state index contributed by atoms with van der Waals surface area (Å²) in [6.45, 7) is 5.32. The van der Waals surface area contributed by atoms with Crippen molar-refractivity contribution in [3.63, 3.8) is 0 Å². The number of nitrogens with zero attached hydrogens (tertiary/aromatic N) is 2. The van der Waals surface area contributed by atoms with E-state index in [1.54, 1.807) is 13.1 Å². The Morgan fingerprint density at radius 3 is 2.63 bits per heavy atom. The number of hydrogen-bond acceptors (Lipinski definition) is 6. The van der Waals surface area contributed by atoms with Crippen LogP contribution in [0.25, 0.3) is 0 Å². The first-order valence-corrected chi connectivity index (χ1v) is 10.6. The van der Waals surface area contributed by atoms with Gasteiger partial charge in [0.05, 0.1) is 0 Å². The predicted octanol–water partition coefficient (Wildman–Crippen LogP) is 3.71. The maximum absolute atomic E-state index is 7.57. The average molecular weight is 506 g/mol. The number of pyridine rings is 1. The Hall–Kier alpha value is -0.930. The lowest BCUT2D eigenvalue weighted by molar-refractivity contribution is 0.238. The van der Waals surface area contributed by atoms with Gasteiger partial charge >= 0.3 is 0 Å². The second kappa shape index (κ2) is 13.3. The monoisotopic (exact) mass is 504 g/mol. The molecule has 0 aromatic carbocycles. The molecule has 1 heterocycles. The summed E-state index contributed by atoms with van der Waals surface area (Å²) in [5.74, 6) is 7.43. The molecule has 8 heteroatoms. The standard InChI is InChI=1S/C17H24Br2N4O.C2H6O/c1-12(23(21)11-13-3-4-13)2-6-16(15(19)8-9-20)24-17-7-5-14(18)10-22-17;1-2-3/h2,5,7-8,10,13,16H,3-4,6,9,11,20-21H2,1H3;3H,2H2,1H3/b12-2+,15-8-;. The second-order valence-electron chi connectivity index (χ2n) is 6.24. The highest BCUT2D eigenvalue weighted by Crippen LogP contribution is 2.30. The highest BCUT2D eigenvalue weighted by molar-refractivity contribution is 9.11. The molecule has 0 radical (unpaired) electrons. The maximum Gasteiger partial charge on any atom is 0.213 e. The molecule has 1 saturated carbocycles. The SMILES string of the molecule is C/C(=C\CC(Oc1ccc(Br)cn1)/C(Br)=C/CN)N(N)CC1CC1.CCO. The summed E-state index contributed by atoms with van der Waals surface area (Å²) in [6, 6.07) is 3.73. The van der Waals surface area contributed by atoms with E-state index >= 15 is 0 Å². The summed E-state index contributed by atoms with van der Waals surface area (Å²) in [5, 5.41) is 9.40. The highest BCUT2D eigenvalue weighted by Gasteiger charge is 2.23. The summed E-state index contributed by atoms with van der Waals surface area (Å²) in [5.41, 5.74) is 6.67. The van der Waals surface area contributed by atoms with Crippen molar-refractivity contribution < 1.29 is 9.84 Å². The van der Waals surface area contributed by atoms with Gasteiger partial charge in [-0.1, -0.05) is 28.1 Å². The van der Waals surface area contributed by atoms with Gasteiger partial charge in [0.1, 0.15) is 6.10 Å². The third kappa shape index (κ3) is 10.3. The molecule has 1 aromatic heterocycles. The first kappa shape index (κ1) is 24.1. The molecule has 1 unspecified atom stereocenters. The van der Waals surface area contributed by atoms with E-state index in [0.29, 0.717) is 18.8 Å². The first-order chi connectivity index (χ1) is 12.9. The Bertz CT molecular complexity index is 604. The number of halogens is 2. The van der Waals surface area contributed by atoms with E-state index in [-0.39, 0.29) is 12.7 Å². The molecule has 1 aliphatic rings. The van der Waals surface area contributed by atoms with Crippen molar-refractivity contribution in [3.8, 4) is 5.88 Å². The minimum Gasteiger partial charge on any atom is -0.469 e. The van der Waals surface area contributed by atoms with Crippen LogP contribution in [0.15, 0.2) is 45.1 Å². The van der Waals surface area contributed by atoms with Gasteiger partial charge in [0.15, 0.2) is 0 Å². The van der Waals surface area contributed by atoms with Gasteiger partial charge in [0, 0.05) is 53.0 Å². The largest absolute Gasteiger partial charge is 0.469 e. The lowest BCUT2D eigenvalue weighted by atomic mass is 10.2. The van der Waals surface area contributed by atoms with E-state index < -0.39 is 0 Å². The summed E-state index contributed by atoms with van der Waals surface area (Å²) < 4.78 is 7.82. The molecule has 152 valence electrons. The Morgan fingerprint density at radius 1 is 1.44 bits per heavy atom. The van der Waals surface area contributed by atoms with Gasteiger partial charge in [-0.3, -0.25) is 0 Å². The summed E-state index contributed by atoms with van der Waals surface area (Å²) in [6.07, 6.45) is 8.77. The number of aromatic nitrogens is 1. The number of hydrazine groups is 1. The van der Waals surface area contributed by atoms with Gasteiger partial charge in [-0.15, -0.1) is 0 Å². The van der Waals surface area contributed by atoms with Crippen LogP contribution < -0.4 is 16.3 Å². The fraction of sp³-hybridized carbons (Fsp3) is 0.526. The van der Waals surface area contributed by atoms with Crippen LogP contribution >= 0.6 is 31.9 Å². The molecule has 1 aromatic rings. The van der Waals surface area contributed by atoms with Crippen LogP contribution in [0.3, 0.4) is 0 Å². The average Bonchev–Trinajstić information content (AvgIpc) is 3.44. The summed E-state index contributed by atoms with van der Waals surface area (Å²) in [4.78, 5) is 4.27. The highest BCUT2D eigenvalue weighted by atomic mass is 79.9. The van der Waals surface area contributed by atoms with E-state index in [9.17, 15) is 0 Å². The predicted molar refractivity (Wildman–Crippen MR) is 117 cm³/mol. The van der Waals surface area contributed by atoms with E-state index in [1.807, 2.05) is 30.1 Å². The molecule has 0 aliphatic heterocycles. The molecule has 1 fully saturated rings. The molecule has 1 atom stereocenters. The molecule has 5 N–H and O–H groups in total. The fourth-order valence-corrected chi connectivity index (χ4v) is 2.86. The van der Waals surface area contributed by atoms with Gasteiger partial charge in [0.25, 0.3) is 0 Å². The third-order valence-corrected chi connectivity index (χ3v) is 5.12. The van der Waals surface area contributed by atoms with Crippen molar-refractivity contribution >= 4 is 31.9 Å². The van der Waals surface area contributed by atoms with E-state index in [1.165, 1.54) is 12.8 Å². The van der Waals surface area contributed by atoms with Gasteiger partial charge in [-0.2, -0.15) is 0 Å². The van der Waals surface area contributed by atoms with Crippen LogP contribution in [0, 0.1) is 5.92 Å². The number of ether oxygens (including phenoxy) is 1.